The zero-order valence-corrected chi connectivity index (χ0v) is 10.4. The number of hydrogen-bond acceptors (Lipinski definition) is 5. The standard InChI is InChI=1S/C14H13N5/c15-7-11-6-10(4-5-16-11)8-17-14-12-2-1-3-13(12)18-9-19-14/h4-6,9H,1-3,8H2,(H,17,18,19). The lowest BCUT2D eigenvalue weighted by Gasteiger charge is -2.09. The second-order valence-electron chi connectivity index (χ2n) is 4.52. The van der Waals surface area contributed by atoms with Gasteiger partial charge in [-0.2, -0.15) is 5.26 Å². The quantitative estimate of drug-likeness (QED) is 0.901. The van der Waals surface area contributed by atoms with Gasteiger partial charge in [0.1, 0.15) is 23.9 Å². The first-order valence-electron chi connectivity index (χ1n) is 6.28. The number of pyridine rings is 1. The van der Waals surface area contributed by atoms with Crippen LogP contribution in [0.1, 0.15) is 28.9 Å². The molecule has 2 heterocycles. The van der Waals surface area contributed by atoms with Gasteiger partial charge < -0.3 is 5.32 Å². The molecule has 3 rings (SSSR count). The molecule has 94 valence electrons. The van der Waals surface area contributed by atoms with E-state index in [2.05, 4.69) is 20.3 Å². The Morgan fingerprint density at radius 3 is 3.11 bits per heavy atom. The highest BCUT2D eigenvalue weighted by molar-refractivity contribution is 5.48. The van der Waals surface area contributed by atoms with E-state index in [1.165, 1.54) is 5.56 Å². The van der Waals surface area contributed by atoms with Crippen LogP contribution in [0.5, 0.6) is 0 Å². The number of nitrogens with one attached hydrogen (secondary N) is 1. The Morgan fingerprint density at radius 1 is 1.26 bits per heavy atom. The molecule has 1 N–H and O–H groups in total. The zero-order chi connectivity index (χ0) is 13.1. The monoisotopic (exact) mass is 251 g/mol. The summed E-state index contributed by atoms with van der Waals surface area (Å²) in [4.78, 5) is 12.6. The predicted molar refractivity (Wildman–Crippen MR) is 70.3 cm³/mol. The first kappa shape index (κ1) is 11.6. The Kier molecular flexibility index (Phi) is 3.07. The Labute approximate surface area is 111 Å². The largest absolute Gasteiger partial charge is 0.366 e. The molecule has 0 fully saturated rings. The number of nitrogens with zero attached hydrogens (tertiary/aromatic N) is 4. The summed E-state index contributed by atoms with van der Waals surface area (Å²) >= 11 is 0. The van der Waals surface area contributed by atoms with Gasteiger partial charge >= 0.3 is 0 Å². The smallest absolute Gasteiger partial charge is 0.140 e. The van der Waals surface area contributed by atoms with Gasteiger partial charge in [0, 0.05) is 24.0 Å². The number of aryl methyl sites for hydroxylation is 1. The van der Waals surface area contributed by atoms with E-state index in [0.717, 1.165) is 36.3 Å². The number of nitriles is 1. The molecule has 0 atom stereocenters. The fraction of sp³-hybridized carbons (Fsp3) is 0.286. The van der Waals surface area contributed by atoms with Crippen LogP contribution >= 0.6 is 0 Å². The van der Waals surface area contributed by atoms with Gasteiger partial charge in [-0.1, -0.05) is 0 Å². The van der Waals surface area contributed by atoms with E-state index in [9.17, 15) is 0 Å². The summed E-state index contributed by atoms with van der Waals surface area (Å²) in [6.07, 6.45) is 6.49. The Morgan fingerprint density at radius 2 is 2.21 bits per heavy atom. The van der Waals surface area contributed by atoms with Crippen LogP contribution in [0.3, 0.4) is 0 Å². The van der Waals surface area contributed by atoms with Crippen molar-refractivity contribution in [3.63, 3.8) is 0 Å². The van der Waals surface area contributed by atoms with Crippen LogP contribution in [-0.4, -0.2) is 15.0 Å². The average Bonchev–Trinajstić information content (AvgIpc) is 2.94. The van der Waals surface area contributed by atoms with E-state index < -0.39 is 0 Å². The van der Waals surface area contributed by atoms with E-state index in [0.29, 0.717) is 12.2 Å². The van der Waals surface area contributed by atoms with Crippen molar-refractivity contribution in [2.24, 2.45) is 0 Å². The van der Waals surface area contributed by atoms with Crippen LogP contribution in [0.4, 0.5) is 5.82 Å². The van der Waals surface area contributed by atoms with Crippen LogP contribution in [0.15, 0.2) is 24.7 Å². The number of fused-ring (bicyclic) bond motifs is 1. The SMILES string of the molecule is N#Cc1cc(CNc2ncnc3c2CCC3)ccn1. The molecule has 0 bridgehead atoms. The van der Waals surface area contributed by atoms with Gasteiger partial charge in [0.25, 0.3) is 0 Å². The lowest BCUT2D eigenvalue weighted by molar-refractivity contribution is 0.899. The van der Waals surface area contributed by atoms with Gasteiger partial charge in [0.2, 0.25) is 0 Å². The molecule has 5 nitrogen and oxygen atoms in total. The van der Waals surface area contributed by atoms with E-state index in [1.807, 2.05) is 12.1 Å². The maximum absolute atomic E-state index is 8.82. The third kappa shape index (κ3) is 2.38. The summed E-state index contributed by atoms with van der Waals surface area (Å²) in [5.74, 6) is 0.915. The number of hydrogen-bond donors (Lipinski definition) is 1. The zero-order valence-electron chi connectivity index (χ0n) is 10.4. The third-order valence-corrected chi connectivity index (χ3v) is 3.27. The molecule has 0 aromatic carbocycles. The van der Waals surface area contributed by atoms with Crippen molar-refractivity contribution in [3.8, 4) is 6.07 Å². The maximum Gasteiger partial charge on any atom is 0.140 e. The minimum Gasteiger partial charge on any atom is -0.366 e. The Bertz CT molecular complexity index is 645. The van der Waals surface area contributed by atoms with Gasteiger partial charge in [-0.15, -0.1) is 0 Å². The third-order valence-electron chi connectivity index (χ3n) is 3.27. The molecule has 0 radical (unpaired) electrons. The molecule has 2 aromatic rings. The maximum atomic E-state index is 8.82. The van der Waals surface area contributed by atoms with Crippen LogP contribution in [0, 0.1) is 11.3 Å². The normalized spacial score (nSPS) is 12.8. The summed E-state index contributed by atoms with van der Waals surface area (Å²) in [5, 5.41) is 12.1. The Balaban J connectivity index is 1.76. The molecule has 1 aliphatic rings. The molecule has 0 saturated heterocycles. The van der Waals surface area contributed by atoms with Gasteiger partial charge in [-0.25, -0.2) is 15.0 Å². The highest BCUT2D eigenvalue weighted by atomic mass is 15.0. The summed E-state index contributed by atoms with van der Waals surface area (Å²) in [6, 6.07) is 5.73. The van der Waals surface area contributed by atoms with Gasteiger partial charge in [-0.05, 0) is 37.0 Å². The number of anilines is 1. The van der Waals surface area contributed by atoms with Crippen molar-refractivity contribution < 1.29 is 0 Å². The first-order chi connectivity index (χ1) is 9.36. The first-order valence-corrected chi connectivity index (χ1v) is 6.28. The summed E-state index contributed by atoms with van der Waals surface area (Å²) in [7, 11) is 0. The van der Waals surface area contributed by atoms with Crippen molar-refractivity contribution in [1.82, 2.24) is 15.0 Å². The van der Waals surface area contributed by atoms with E-state index in [-0.39, 0.29) is 0 Å². The molecule has 0 aliphatic heterocycles. The van der Waals surface area contributed by atoms with Crippen molar-refractivity contribution in [1.29, 1.82) is 5.26 Å². The minimum absolute atomic E-state index is 0.437. The summed E-state index contributed by atoms with van der Waals surface area (Å²) in [5.41, 5.74) is 3.85. The van der Waals surface area contributed by atoms with Gasteiger partial charge in [0.05, 0.1) is 0 Å². The molecule has 5 heteroatoms. The molecule has 0 unspecified atom stereocenters. The molecular formula is C14H13N5. The summed E-state index contributed by atoms with van der Waals surface area (Å²) < 4.78 is 0. The predicted octanol–water partition coefficient (Wildman–Crippen LogP) is 1.84. The molecule has 1 aliphatic carbocycles. The van der Waals surface area contributed by atoms with E-state index in [1.54, 1.807) is 18.6 Å². The lowest BCUT2D eigenvalue weighted by Crippen LogP contribution is -2.06. The fourth-order valence-corrected chi connectivity index (χ4v) is 2.34. The molecule has 19 heavy (non-hydrogen) atoms. The average molecular weight is 251 g/mol. The molecule has 0 amide bonds. The fourth-order valence-electron chi connectivity index (χ4n) is 2.34. The highest BCUT2D eigenvalue weighted by Crippen LogP contribution is 2.25. The minimum atomic E-state index is 0.437. The second-order valence-corrected chi connectivity index (χ2v) is 4.52. The van der Waals surface area contributed by atoms with Crippen molar-refractivity contribution in [3.05, 3.63) is 47.2 Å². The lowest BCUT2D eigenvalue weighted by atomic mass is 10.2. The van der Waals surface area contributed by atoms with Crippen LogP contribution in [0.2, 0.25) is 0 Å². The van der Waals surface area contributed by atoms with Gasteiger partial charge in [-0.3, -0.25) is 0 Å². The van der Waals surface area contributed by atoms with E-state index in [4.69, 9.17) is 5.26 Å². The Hall–Kier alpha value is -2.48. The molecular weight excluding hydrogens is 238 g/mol. The number of rotatable bonds is 3. The van der Waals surface area contributed by atoms with Crippen LogP contribution in [0.25, 0.3) is 0 Å². The molecule has 2 aromatic heterocycles. The number of aromatic nitrogens is 3. The van der Waals surface area contributed by atoms with Crippen molar-refractivity contribution in [2.45, 2.75) is 25.8 Å². The molecule has 0 spiro atoms. The highest BCUT2D eigenvalue weighted by Gasteiger charge is 2.16. The van der Waals surface area contributed by atoms with Crippen LogP contribution in [-0.2, 0) is 19.4 Å². The molecule has 0 saturated carbocycles. The van der Waals surface area contributed by atoms with Gasteiger partial charge in [0.15, 0.2) is 0 Å². The summed E-state index contributed by atoms with van der Waals surface area (Å²) in [6.45, 7) is 0.640. The van der Waals surface area contributed by atoms with Crippen LogP contribution < -0.4 is 5.32 Å². The van der Waals surface area contributed by atoms with E-state index >= 15 is 0 Å². The second kappa shape index (κ2) is 5.02. The topological polar surface area (TPSA) is 74.5 Å². The van der Waals surface area contributed by atoms with Crippen molar-refractivity contribution >= 4 is 5.82 Å². The van der Waals surface area contributed by atoms with Crippen molar-refractivity contribution in [2.75, 3.05) is 5.32 Å².